The molecule has 3 heteroatoms. The van der Waals surface area contributed by atoms with Crippen LogP contribution in [0.15, 0.2) is 36.4 Å². The lowest BCUT2D eigenvalue weighted by Crippen LogP contribution is -2.31. The van der Waals surface area contributed by atoms with Gasteiger partial charge in [-0.1, -0.05) is 24.3 Å². The number of hydrogen-bond donors (Lipinski definition) is 0. The van der Waals surface area contributed by atoms with E-state index in [4.69, 9.17) is 4.74 Å². The number of amides is 1. The van der Waals surface area contributed by atoms with Crippen molar-refractivity contribution >= 4 is 5.91 Å². The minimum absolute atomic E-state index is 0.0772. The molecule has 0 bridgehead atoms. The molecule has 0 fully saturated rings. The van der Waals surface area contributed by atoms with Gasteiger partial charge in [0.05, 0.1) is 12.7 Å². The highest BCUT2D eigenvalue weighted by Gasteiger charge is 2.21. The van der Waals surface area contributed by atoms with Gasteiger partial charge in [-0.3, -0.25) is 4.79 Å². The first-order valence-corrected chi connectivity index (χ1v) is 8.07. The lowest BCUT2D eigenvalue weighted by Gasteiger charge is -2.23. The van der Waals surface area contributed by atoms with Crippen LogP contribution in [0.3, 0.4) is 0 Å². The highest BCUT2D eigenvalue weighted by atomic mass is 16.5. The van der Waals surface area contributed by atoms with E-state index in [2.05, 4.69) is 19.1 Å². The molecule has 2 rings (SSSR count). The fourth-order valence-electron chi connectivity index (χ4n) is 2.91. The first kappa shape index (κ1) is 17.1. The third-order valence-corrected chi connectivity index (χ3v) is 4.24. The second-order valence-electron chi connectivity index (χ2n) is 5.66. The third-order valence-electron chi connectivity index (χ3n) is 4.24. The van der Waals surface area contributed by atoms with E-state index in [9.17, 15) is 4.79 Å². The maximum absolute atomic E-state index is 13.0. The molecule has 0 saturated heterocycles. The van der Waals surface area contributed by atoms with E-state index in [1.807, 2.05) is 49.9 Å². The molecule has 0 spiro atoms. The molecule has 0 radical (unpaired) electrons. The van der Waals surface area contributed by atoms with Crippen LogP contribution in [0.5, 0.6) is 5.75 Å². The molecule has 0 aromatic heterocycles. The highest BCUT2D eigenvalue weighted by Crippen LogP contribution is 2.33. The quantitative estimate of drug-likeness (QED) is 0.816. The molecular weight excluding hydrogens is 286 g/mol. The van der Waals surface area contributed by atoms with Gasteiger partial charge in [0.15, 0.2) is 0 Å². The van der Waals surface area contributed by atoms with E-state index in [-0.39, 0.29) is 5.91 Å². The zero-order chi connectivity index (χ0) is 17.0. The second kappa shape index (κ2) is 7.32. The summed E-state index contributed by atoms with van der Waals surface area (Å²) in [4.78, 5) is 14.9. The van der Waals surface area contributed by atoms with Crippen LogP contribution in [0.4, 0.5) is 0 Å². The number of ether oxygens (including phenoxy) is 1. The third kappa shape index (κ3) is 3.39. The largest absolute Gasteiger partial charge is 0.497 e. The molecule has 0 aliphatic carbocycles. The van der Waals surface area contributed by atoms with Gasteiger partial charge < -0.3 is 9.64 Å². The molecule has 3 nitrogen and oxygen atoms in total. The van der Waals surface area contributed by atoms with Gasteiger partial charge >= 0.3 is 0 Å². The minimum atomic E-state index is 0.0772. The Morgan fingerprint density at radius 1 is 1.00 bits per heavy atom. The zero-order valence-corrected chi connectivity index (χ0v) is 14.6. The van der Waals surface area contributed by atoms with Crippen molar-refractivity contribution in [2.75, 3.05) is 20.2 Å². The normalized spacial score (nSPS) is 10.5. The monoisotopic (exact) mass is 311 g/mol. The summed E-state index contributed by atoms with van der Waals surface area (Å²) in [6, 6.07) is 12.0. The van der Waals surface area contributed by atoms with E-state index >= 15 is 0 Å². The number of nitrogens with zero attached hydrogens (tertiary/aromatic N) is 1. The number of aryl methyl sites for hydroxylation is 2. The van der Waals surface area contributed by atoms with Crippen molar-refractivity contribution in [3.8, 4) is 16.9 Å². The Hall–Kier alpha value is -2.29. The van der Waals surface area contributed by atoms with Gasteiger partial charge in [0.1, 0.15) is 5.75 Å². The molecule has 0 unspecified atom stereocenters. The molecular formula is C20H25NO2. The van der Waals surface area contributed by atoms with Gasteiger partial charge in [-0.25, -0.2) is 0 Å². The smallest absolute Gasteiger partial charge is 0.254 e. The van der Waals surface area contributed by atoms with Crippen LogP contribution < -0.4 is 4.74 Å². The summed E-state index contributed by atoms with van der Waals surface area (Å²) in [6.07, 6.45) is 0. The molecule has 0 N–H and O–H groups in total. The molecule has 2 aromatic carbocycles. The van der Waals surface area contributed by atoms with Crippen molar-refractivity contribution in [1.29, 1.82) is 0 Å². The average molecular weight is 311 g/mol. The van der Waals surface area contributed by atoms with E-state index in [0.717, 1.165) is 33.6 Å². The molecule has 23 heavy (non-hydrogen) atoms. The predicted octanol–water partition coefficient (Wildman–Crippen LogP) is 4.46. The summed E-state index contributed by atoms with van der Waals surface area (Å²) in [7, 11) is 1.66. The standard InChI is InChI=1S/C20H25NO2/c1-6-21(7-2)20(22)19-15(4)12-16(23-5)13-18(19)17-11-9-8-10-14(17)3/h8-13H,6-7H2,1-5H3. The van der Waals surface area contributed by atoms with Gasteiger partial charge in [-0.2, -0.15) is 0 Å². The van der Waals surface area contributed by atoms with Crippen LogP contribution in [-0.4, -0.2) is 31.0 Å². The van der Waals surface area contributed by atoms with Crippen LogP contribution in [0.1, 0.15) is 35.3 Å². The predicted molar refractivity (Wildman–Crippen MR) is 95.2 cm³/mol. The summed E-state index contributed by atoms with van der Waals surface area (Å²) in [6.45, 7) is 9.46. The van der Waals surface area contributed by atoms with Crippen molar-refractivity contribution < 1.29 is 9.53 Å². The summed E-state index contributed by atoms with van der Waals surface area (Å²) < 4.78 is 5.42. The summed E-state index contributed by atoms with van der Waals surface area (Å²) in [5, 5.41) is 0. The Balaban J connectivity index is 2.71. The van der Waals surface area contributed by atoms with E-state index in [1.165, 1.54) is 0 Å². The number of hydrogen-bond acceptors (Lipinski definition) is 2. The van der Waals surface area contributed by atoms with Crippen LogP contribution in [0.2, 0.25) is 0 Å². The average Bonchev–Trinajstić information content (AvgIpc) is 2.55. The first-order chi connectivity index (χ1) is 11.0. The number of rotatable bonds is 5. The van der Waals surface area contributed by atoms with Gasteiger partial charge in [-0.05, 0) is 62.1 Å². The van der Waals surface area contributed by atoms with Gasteiger partial charge in [0.25, 0.3) is 5.91 Å². The van der Waals surface area contributed by atoms with Crippen molar-refractivity contribution in [1.82, 2.24) is 4.90 Å². The van der Waals surface area contributed by atoms with Gasteiger partial charge in [0.2, 0.25) is 0 Å². The second-order valence-corrected chi connectivity index (χ2v) is 5.66. The fraction of sp³-hybridized carbons (Fsp3) is 0.350. The fourth-order valence-corrected chi connectivity index (χ4v) is 2.91. The number of benzene rings is 2. The van der Waals surface area contributed by atoms with Crippen LogP contribution in [0.25, 0.3) is 11.1 Å². The number of carbonyl (C=O) groups is 1. The molecule has 0 aliphatic heterocycles. The molecule has 1 amide bonds. The van der Waals surface area contributed by atoms with Crippen LogP contribution in [-0.2, 0) is 0 Å². The Morgan fingerprint density at radius 3 is 2.22 bits per heavy atom. The summed E-state index contributed by atoms with van der Waals surface area (Å²) in [5.74, 6) is 0.852. The van der Waals surface area contributed by atoms with E-state index < -0.39 is 0 Å². The Labute approximate surface area is 138 Å². The maximum atomic E-state index is 13.0. The van der Waals surface area contributed by atoms with Crippen LogP contribution in [0, 0.1) is 13.8 Å². The van der Waals surface area contributed by atoms with E-state index in [1.54, 1.807) is 7.11 Å². The molecule has 0 saturated carbocycles. The van der Waals surface area contributed by atoms with Crippen molar-refractivity contribution in [2.24, 2.45) is 0 Å². The number of methoxy groups -OCH3 is 1. The number of carbonyl (C=O) groups excluding carboxylic acids is 1. The SMILES string of the molecule is CCN(CC)C(=O)c1c(C)cc(OC)cc1-c1ccccc1C. The molecule has 0 aliphatic rings. The first-order valence-electron chi connectivity index (χ1n) is 8.07. The lowest BCUT2D eigenvalue weighted by molar-refractivity contribution is 0.0773. The maximum Gasteiger partial charge on any atom is 0.254 e. The Morgan fingerprint density at radius 2 is 1.65 bits per heavy atom. The van der Waals surface area contributed by atoms with Crippen LogP contribution >= 0.6 is 0 Å². The highest BCUT2D eigenvalue weighted by molar-refractivity contribution is 6.03. The Bertz CT molecular complexity index is 703. The minimum Gasteiger partial charge on any atom is -0.497 e. The Kier molecular flexibility index (Phi) is 5.43. The van der Waals surface area contributed by atoms with E-state index in [0.29, 0.717) is 13.1 Å². The zero-order valence-electron chi connectivity index (χ0n) is 14.6. The van der Waals surface area contributed by atoms with Crippen molar-refractivity contribution in [2.45, 2.75) is 27.7 Å². The summed E-state index contributed by atoms with van der Waals surface area (Å²) in [5.41, 5.74) is 4.87. The molecule has 122 valence electrons. The lowest BCUT2D eigenvalue weighted by atomic mass is 9.92. The van der Waals surface area contributed by atoms with Crippen molar-refractivity contribution in [3.05, 3.63) is 53.1 Å². The molecule has 2 aromatic rings. The summed E-state index contributed by atoms with van der Waals surface area (Å²) >= 11 is 0. The van der Waals surface area contributed by atoms with Gasteiger partial charge in [-0.15, -0.1) is 0 Å². The van der Waals surface area contributed by atoms with Gasteiger partial charge in [0, 0.05) is 13.1 Å². The van der Waals surface area contributed by atoms with Crippen molar-refractivity contribution in [3.63, 3.8) is 0 Å². The molecule has 0 heterocycles. The molecule has 0 atom stereocenters. The topological polar surface area (TPSA) is 29.5 Å².